The van der Waals surface area contributed by atoms with Gasteiger partial charge >= 0.3 is 0 Å². The molecule has 0 spiro atoms. The average Bonchev–Trinajstić information content (AvgIpc) is 3.51. The Kier molecular flexibility index (Phi) is 7.95. The van der Waals surface area contributed by atoms with Gasteiger partial charge in [-0.25, -0.2) is 18.4 Å². The fourth-order valence-corrected chi connectivity index (χ4v) is 6.75. The Labute approximate surface area is 238 Å². The van der Waals surface area contributed by atoms with Crippen molar-refractivity contribution in [2.45, 2.75) is 43.3 Å². The average molecular weight is 580 g/mol. The topological polar surface area (TPSA) is 107 Å². The number of rotatable bonds is 8. The predicted octanol–water partition coefficient (Wildman–Crippen LogP) is 5.57. The van der Waals surface area contributed by atoms with Crippen molar-refractivity contribution in [1.29, 1.82) is 0 Å². The molecule has 40 heavy (non-hydrogen) atoms. The Balaban J connectivity index is 1.31. The van der Waals surface area contributed by atoms with Crippen LogP contribution >= 0.6 is 11.6 Å². The number of ether oxygens (including phenoxy) is 2. The minimum atomic E-state index is -3.58. The van der Waals surface area contributed by atoms with Gasteiger partial charge in [-0.05, 0) is 61.4 Å². The highest BCUT2D eigenvalue weighted by Crippen LogP contribution is 2.32. The second kappa shape index (κ2) is 11.8. The summed E-state index contributed by atoms with van der Waals surface area (Å²) in [6, 6.07) is 16.2. The second-order valence-electron chi connectivity index (χ2n) is 9.94. The van der Waals surface area contributed by atoms with Gasteiger partial charge in [-0.15, -0.1) is 0 Å². The third-order valence-electron chi connectivity index (χ3n) is 7.25. The Morgan fingerprint density at radius 1 is 1.02 bits per heavy atom. The van der Waals surface area contributed by atoms with Gasteiger partial charge in [0.15, 0.2) is 5.82 Å². The summed E-state index contributed by atoms with van der Waals surface area (Å²) in [6.45, 7) is 1.82. The van der Waals surface area contributed by atoms with Crippen LogP contribution in [0, 0.1) is 0 Å². The first-order chi connectivity index (χ1) is 19.5. The highest BCUT2D eigenvalue weighted by atomic mass is 35.5. The van der Waals surface area contributed by atoms with Crippen molar-refractivity contribution in [2.24, 2.45) is 0 Å². The lowest BCUT2D eigenvalue weighted by atomic mass is 10.1. The van der Waals surface area contributed by atoms with Crippen LogP contribution in [0.5, 0.6) is 0 Å². The molecule has 0 bridgehead atoms. The summed E-state index contributed by atoms with van der Waals surface area (Å²) in [5.74, 6) is 1.18. The highest BCUT2D eigenvalue weighted by molar-refractivity contribution is 7.89. The molecule has 3 heterocycles. The number of morpholine rings is 1. The number of anilines is 2. The van der Waals surface area contributed by atoms with Gasteiger partial charge in [-0.2, -0.15) is 4.31 Å². The van der Waals surface area contributed by atoms with E-state index in [1.807, 2.05) is 24.3 Å². The number of nitrogens with zero attached hydrogens (tertiary/aromatic N) is 4. The zero-order valence-electron chi connectivity index (χ0n) is 21.9. The van der Waals surface area contributed by atoms with Gasteiger partial charge < -0.3 is 14.8 Å². The second-order valence-corrected chi connectivity index (χ2v) is 12.3. The number of benzene rings is 2. The maximum absolute atomic E-state index is 13.0. The van der Waals surface area contributed by atoms with E-state index in [1.165, 1.54) is 17.1 Å². The van der Waals surface area contributed by atoms with Crippen molar-refractivity contribution >= 4 is 44.0 Å². The van der Waals surface area contributed by atoms with Crippen LogP contribution in [0.25, 0.3) is 22.2 Å². The highest BCUT2D eigenvalue weighted by Gasteiger charge is 2.26. The molecule has 6 rings (SSSR count). The van der Waals surface area contributed by atoms with E-state index in [0.29, 0.717) is 61.0 Å². The summed E-state index contributed by atoms with van der Waals surface area (Å²) in [5.41, 5.74) is 2.97. The first-order valence-electron chi connectivity index (χ1n) is 13.5. The Hall–Kier alpha value is -3.15. The number of fused-ring (bicyclic) bond motifs is 1. The maximum Gasteiger partial charge on any atom is 0.243 e. The molecule has 9 nitrogen and oxygen atoms in total. The molecule has 0 atom stereocenters. The normalized spacial score (nSPS) is 16.9. The lowest BCUT2D eigenvalue weighted by Gasteiger charge is -2.26. The molecule has 0 unspecified atom stereocenters. The van der Waals surface area contributed by atoms with Crippen LogP contribution in [0.3, 0.4) is 0 Å². The molecule has 2 aliphatic rings. The zero-order valence-corrected chi connectivity index (χ0v) is 23.5. The largest absolute Gasteiger partial charge is 0.379 e. The van der Waals surface area contributed by atoms with E-state index < -0.39 is 10.0 Å². The molecule has 2 aromatic heterocycles. The van der Waals surface area contributed by atoms with E-state index in [1.54, 1.807) is 36.5 Å². The van der Waals surface area contributed by atoms with Crippen LogP contribution < -0.4 is 5.32 Å². The first-order valence-corrected chi connectivity index (χ1v) is 15.3. The summed E-state index contributed by atoms with van der Waals surface area (Å²) in [7, 11) is -3.58. The van der Waals surface area contributed by atoms with Crippen molar-refractivity contribution in [3.8, 4) is 11.3 Å². The summed E-state index contributed by atoms with van der Waals surface area (Å²) < 4.78 is 38.9. The molecule has 0 amide bonds. The smallest absolute Gasteiger partial charge is 0.243 e. The molecular weight excluding hydrogens is 550 g/mol. The summed E-state index contributed by atoms with van der Waals surface area (Å²) in [6.07, 6.45) is 6.42. The monoisotopic (exact) mass is 579 g/mol. The van der Waals surface area contributed by atoms with E-state index in [2.05, 4.69) is 10.3 Å². The van der Waals surface area contributed by atoms with E-state index in [9.17, 15) is 8.42 Å². The van der Waals surface area contributed by atoms with Crippen molar-refractivity contribution < 1.29 is 17.9 Å². The van der Waals surface area contributed by atoms with Gasteiger partial charge in [-0.1, -0.05) is 30.5 Å². The maximum atomic E-state index is 13.0. The summed E-state index contributed by atoms with van der Waals surface area (Å²) in [4.78, 5) is 14.3. The fraction of sp³-hybridized carbons (Fsp3) is 0.345. The molecule has 4 aromatic rings. The van der Waals surface area contributed by atoms with E-state index in [4.69, 9.17) is 31.0 Å². The van der Waals surface area contributed by atoms with E-state index >= 15 is 0 Å². The Morgan fingerprint density at radius 2 is 1.80 bits per heavy atom. The van der Waals surface area contributed by atoms with Gasteiger partial charge in [0, 0.05) is 35.9 Å². The number of sulfonamides is 1. The lowest BCUT2D eigenvalue weighted by Crippen LogP contribution is -2.40. The number of hydrogen-bond donors (Lipinski definition) is 1. The molecule has 2 aromatic carbocycles. The van der Waals surface area contributed by atoms with Crippen molar-refractivity contribution in [3.63, 3.8) is 0 Å². The number of aromatic nitrogens is 3. The third-order valence-corrected chi connectivity index (χ3v) is 9.47. The number of nitrogens with one attached hydrogen (secondary N) is 1. The number of halogens is 1. The van der Waals surface area contributed by atoms with Gasteiger partial charge in [0.1, 0.15) is 12.4 Å². The molecule has 0 radical (unpaired) electrons. The van der Waals surface area contributed by atoms with Gasteiger partial charge in [0.25, 0.3) is 0 Å². The molecule has 1 saturated heterocycles. The predicted molar refractivity (Wildman–Crippen MR) is 154 cm³/mol. The first kappa shape index (κ1) is 27.0. The van der Waals surface area contributed by atoms with Crippen LogP contribution in [0.15, 0.2) is 65.7 Å². The SMILES string of the molecule is O=S(=O)(c1ccc(Nc2nc(COC3CCCC3)nc3cc(-c4ncccc4Cl)ccc23)cc1)N1CCOCC1. The molecule has 208 valence electrons. The van der Waals surface area contributed by atoms with Gasteiger partial charge in [0.05, 0.1) is 40.4 Å². The van der Waals surface area contributed by atoms with E-state index in [-0.39, 0.29) is 11.0 Å². The molecule has 11 heteroatoms. The lowest BCUT2D eigenvalue weighted by molar-refractivity contribution is 0.0419. The number of pyridine rings is 1. The van der Waals surface area contributed by atoms with Crippen molar-refractivity contribution in [2.75, 3.05) is 31.6 Å². The van der Waals surface area contributed by atoms with Gasteiger partial charge in [0.2, 0.25) is 10.0 Å². The van der Waals surface area contributed by atoms with Crippen LogP contribution in [0.1, 0.15) is 31.5 Å². The Bertz CT molecular complexity index is 1610. The molecule has 1 saturated carbocycles. The molecular formula is C29H30ClN5O4S. The summed E-state index contributed by atoms with van der Waals surface area (Å²) in [5, 5.41) is 4.74. The standard InChI is InChI=1S/C29H30ClN5O4S/c30-25-6-3-13-31-28(25)20-7-12-24-26(18-20)33-27(19-39-22-4-1-2-5-22)34-29(24)32-21-8-10-23(11-9-21)40(36,37)35-14-16-38-17-15-35/h3,6-13,18,22H,1-2,4-5,14-17,19H2,(H,32,33,34). The third kappa shape index (κ3) is 5.82. The van der Waals surface area contributed by atoms with E-state index in [0.717, 1.165) is 29.3 Å². The molecule has 1 N–H and O–H groups in total. The minimum absolute atomic E-state index is 0.232. The zero-order chi connectivity index (χ0) is 27.5. The number of hydrogen-bond acceptors (Lipinski definition) is 8. The molecule has 2 fully saturated rings. The van der Waals surface area contributed by atoms with Gasteiger partial charge in [-0.3, -0.25) is 4.98 Å². The minimum Gasteiger partial charge on any atom is -0.379 e. The van der Waals surface area contributed by atoms with Crippen molar-refractivity contribution in [3.05, 3.63) is 71.6 Å². The van der Waals surface area contributed by atoms with Crippen LogP contribution in [-0.4, -0.2) is 60.1 Å². The summed E-state index contributed by atoms with van der Waals surface area (Å²) >= 11 is 6.42. The van der Waals surface area contributed by atoms with Crippen LogP contribution in [-0.2, 0) is 26.1 Å². The van der Waals surface area contributed by atoms with Crippen LogP contribution in [0.2, 0.25) is 5.02 Å². The van der Waals surface area contributed by atoms with Crippen molar-refractivity contribution in [1.82, 2.24) is 19.3 Å². The Morgan fingerprint density at radius 3 is 2.55 bits per heavy atom. The fourth-order valence-electron chi connectivity index (χ4n) is 5.11. The molecule has 1 aliphatic heterocycles. The van der Waals surface area contributed by atoms with Crippen LogP contribution in [0.4, 0.5) is 11.5 Å². The molecule has 1 aliphatic carbocycles. The quantitative estimate of drug-likeness (QED) is 0.289.